The van der Waals surface area contributed by atoms with Crippen molar-refractivity contribution in [1.29, 1.82) is 0 Å². The highest BCUT2D eigenvalue weighted by atomic mass is 32.1. The van der Waals surface area contributed by atoms with Crippen molar-refractivity contribution in [3.8, 4) is 0 Å². The van der Waals surface area contributed by atoms with Crippen LogP contribution in [0.15, 0.2) is 24.3 Å². The molecule has 6 heteroatoms. The highest BCUT2D eigenvalue weighted by Gasteiger charge is 2.26. The summed E-state index contributed by atoms with van der Waals surface area (Å²) in [6.45, 7) is 1.21. The van der Waals surface area contributed by atoms with Crippen LogP contribution in [-0.4, -0.2) is 41.6 Å². The smallest absolute Gasteiger partial charge is 0.227 e. The number of morpholine rings is 1. The van der Waals surface area contributed by atoms with Gasteiger partial charge in [-0.3, -0.25) is 4.79 Å². The second-order valence-electron chi connectivity index (χ2n) is 4.37. The molecule has 1 fully saturated rings. The summed E-state index contributed by atoms with van der Waals surface area (Å²) in [6.07, 6.45) is -0.371. The summed E-state index contributed by atoms with van der Waals surface area (Å²) < 4.78 is 18.8. The van der Waals surface area contributed by atoms with Crippen LogP contribution in [0.5, 0.6) is 0 Å². The van der Waals surface area contributed by atoms with Gasteiger partial charge in [-0.25, -0.2) is 4.39 Å². The zero-order chi connectivity index (χ0) is 13.8. The Morgan fingerprint density at radius 1 is 1.53 bits per heavy atom. The summed E-state index contributed by atoms with van der Waals surface area (Å²) in [4.78, 5) is 14.0. The molecule has 1 atom stereocenters. The van der Waals surface area contributed by atoms with Crippen LogP contribution < -0.4 is 5.73 Å². The third-order valence-corrected chi connectivity index (χ3v) is 3.30. The molecule has 0 spiro atoms. The molecule has 1 aliphatic rings. The second kappa shape index (κ2) is 6.08. The SMILES string of the molecule is NC(=S)C1CN(C(=O)Cc2ccccc2F)CCO1. The number of amides is 1. The minimum atomic E-state index is -0.409. The van der Waals surface area contributed by atoms with Gasteiger partial charge in [0.25, 0.3) is 0 Å². The largest absolute Gasteiger partial charge is 0.391 e. The molecule has 1 amide bonds. The summed E-state index contributed by atoms with van der Waals surface area (Å²) in [6, 6.07) is 6.27. The number of carbonyl (C=O) groups is 1. The third-order valence-electron chi connectivity index (χ3n) is 3.04. The fraction of sp³-hybridized carbons (Fsp3) is 0.385. The van der Waals surface area contributed by atoms with Gasteiger partial charge in [-0.15, -0.1) is 0 Å². The van der Waals surface area contributed by atoms with Crippen molar-refractivity contribution in [1.82, 2.24) is 4.90 Å². The van der Waals surface area contributed by atoms with Gasteiger partial charge in [0, 0.05) is 6.54 Å². The van der Waals surface area contributed by atoms with Gasteiger partial charge in [-0.2, -0.15) is 0 Å². The van der Waals surface area contributed by atoms with Crippen LogP contribution in [0.4, 0.5) is 4.39 Å². The van der Waals surface area contributed by atoms with Crippen LogP contribution in [0.1, 0.15) is 5.56 Å². The number of nitrogens with zero attached hydrogens (tertiary/aromatic N) is 1. The quantitative estimate of drug-likeness (QED) is 0.836. The number of carbonyl (C=O) groups excluding carboxylic acids is 1. The van der Waals surface area contributed by atoms with Crippen LogP contribution in [0.25, 0.3) is 0 Å². The van der Waals surface area contributed by atoms with Crippen molar-refractivity contribution >= 4 is 23.1 Å². The van der Waals surface area contributed by atoms with Gasteiger partial charge >= 0.3 is 0 Å². The van der Waals surface area contributed by atoms with Crippen molar-refractivity contribution in [3.05, 3.63) is 35.6 Å². The summed E-state index contributed by atoms with van der Waals surface area (Å²) in [7, 11) is 0. The predicted octanol–water partition coefficient (Wildman–Crippen LogP) is 0.882. The third kappa shape index (κ3) is 3.48. The Hall–Kier alpha value is -1.53. The molecule has 0 aliphatic carbocycles. The average molecular weight is 282 g/mol. The number of hydrogen-bond acceptors (Lipinski definition) is 3. The molecule has 0 saturated carbocycles. The lowest BCUT2D eigenvalue weighted by Gasteiger charge is -2.32. The number of thiocarbonyl (C=S) groups is 1. The van der Waals surface area contributed by atoms with Gasteiger partial charge in [-0.05, 0) is 11.6 Å². The molecule has 0 bridgehead atoms. The van der Waals surface area contributed by atoms with E-state index in [0.717, 1.165) is 0 Å². The van der Waals surface area contributed by atoms with Crippen LogP contribution in [0.3, 0.4) is 0 Å². The first kappa shape index (κ1) is 13.9. The Bertz CT molecular complexity index is 495. The van der Waals surface area contributed by atoms with Crippen molar-refractivity contribution in [2.45, 2.75) is 12.5 Å². The van der Waals surface area contributed by atoms with E-state index in [0.29, 0.717) is 25.3 Å². The lowest BCUT2D eigenvalue weighted by atomic mass is 10.1. The van der Waals surface area contributed by atoms with E-state index in [2.05, 4.69) is 0 Å². The molecule has 2 rings (SSSR count). The number of benzene rings is 1. The zero-order valence-corrected chi connectivity index (χ0v) is 11.2. The monoisotopic (exact) mass is 282 g/mol. The van der Waals surface area contributed by atoms with Crippen molar-refractivity contribution < 1.29 is 13.9 Å². The maximum Gasteiger partial charge on any atom is 0.227 e. The van der Waals surface area contributed by atoms with E-state index in [9.17, 15) is 9.18 Å². The van der Waals surface area contributed by atoms with E-state index in [1.165, 1.54) is 6.07 Å². The number of ether oxygens (including phenoxy) is 1. The van der Waals surface area contributed by atoms with Crippen molar-refractivity contribution in [2.75, 3.05) is 19.7 Å². The van der Waals surface area contributed by atoms with E-state index < -0.39 is 6.10 Å². The van der Waals surface area contributed by atoms with E-state index in [1.54, 1.807) is 23.1 Å². The fourth-order valence-electron chi connectivity index (χ4n) is 1.96. The fourth-order valence-corrected chi connectivity index (χ4v) is 2.11. The van der Waals surface area contributed by atoms with Gasteiger partial charge < -0.3 is 15.4 Å². The lowest BCUT2D eigenvalue weighted by molar-refractivity contribution is -0.135. The van der Waals surface area contributed by atoms with Crippen LogP contribution in [-0.2, 0) is 16.0 Å². The van der Waals surface area contributed by atoms with Crippen LogP contribution in [0.2, 0.25) is 0 Å². The minimum Gasteiger partial charge on any atom is -0.391 e. The van der Waals surface area contributed by atoms with Crippen LogP contribution in [0, 0.1) is 5.82 Å². The molecule has 0 radical (unpaired) electrons. The molecule has 1 aromatic rings. The molecule has 1 aliphatic heterocycles. The second-order valence-corrected chi connectivity index (χ2v) is 4.84. The van der Waals surface area contributed by atoms with E-state index in [-0.39, 0.29) is 23.1 Å². The maximum absolute atomic E-state index is 13.5. The predicted molar refractivity (Wildman–Crippen MR) is 73.2 cm³/mol. The number of hydrogen-bond donors (Lipinski definition) is 1. The minimum absolute atomic E-state index is 0.0384. The molecule has 0 aromatic heterocycles. The summed E-state index contributed by atoms with van der Waals surface area (Å²) in [5, 5.41) is 0. The average Bonchev–Trinajstić information content (AvgIpc) is 2.41. The Labute approximate surface area is 116 Å². The molecule has 19 heavy (non-hydrogen) atoms. The van der Waals surface area contributed by atoms with Gasteiger partial charge in [0.15, 0.2) is 0 Å². The normalized spacial score (nSPS) is 19.2. The standard InChI is InChI=1S/C13H15FN2O2S/c14-10-4-2-1-3-9(10)7-12(17)16-5-6-18-11(8-16)13(15)19/h1-4,11H,5-8H2,(H2,15,19). The number of halogens is 1. The van der Waals surface area contributed by atoms with Crippen molar-refractivity contribution in [2.24, 2.45) is 5.73 Å². The van der Waals surface area contributed by atoms with Gasteiger partial charge in [0.2, 0.25) is 5.91 Å². The molecule has 2 N–H and O–H groups in total. The Kier molecular flexibility index (Phi) is 4.44. The van der Waals surface area contributed by atoms with Gasteiger partial charge in [0.05, 0.1) is 19.6 Å². The Morgan fingerprint density at radius 3 is 2.95 bits per heavy atom. The van der Waals surface area contributed by atoms with Gasteiger partial charge in [0.1, 0.15) is 16.9 Å². The Balaban J connectivity index is 2.00. The summed E-state index contributed by atoms with van der Waals surface area (Å²) in [5.74, 6) is -0.510. The number of nitrogens with two attached hydrogens (primary N) is 1. The highest BCUT2D eigenvalue weighted by molar-refractivity contribution is 7.80. The molecular formula is C13H15FN2O2S. The van der Waals surface area contributed by atoms with Crippen molar-refractivity contribution in [3.63, 3.8) is 0 Å². The Morgan fingerprint density at radius 2 is 2.26 bits per heavy atom. The molecule has 4 nitrogen and oxygen atoms in total. The molecule has 102 valence electrons. The van der Waals surface area contributed by atoms with Crippen LogP contribution >= 0.6 is 12.2 Å². The molecule has 1 unspecified atom stereocenters. The molecule has 1 saturated heterocycles. The first-order valence-electron chi connectivity index (χ1n) is 6.00. The number of rotatable bonds is 3. The van der Waals surface area contributed by atoms with E-state index in [4.69, 9.17) is 22.7 Å². The lowest BCUT2D eigenvalue weighted by Crippen LogP contribution is -2.50. The highest BCUT2D eigenvalue weighted by Crippen LogP contribution is 2.11. The topological polar surface area (TPSA) is 55.6 Å². The van der Waals surface area contributed by atoms with E-state index in [1.807, 2.05) is 0 Å². The van der Waals surface area contributed by atoms with E-state index >= 15 is 0 Å². The van der Waals surface area contributed by atoms with Gasteiger partial charge in [-0.1, -0.05) is 30.4 Å². The molecule has 1 heterocycles. The molecular weight excluding hydrogens is 267 g/mol. The zero-order valence-electron chi connectivity index (χ0n) is 10.3. The summed E-state index contributed by atoms with van der Waals surface area (Å²) in [5.41, 5.74) is 5.91. The molecule has 1 aromatic carbocycles. The first-order valence-corrected chi connectivity index (χ1v) is 6.41. The summed E-state index contributed by atoms with van der Waals surface area (Å²) >= 11 is 4.86. The first-order chi connectivity index (χ1) is 9.08. The maximum atomic E-state index is 13.5.